The van der Waals surface area contributed by atoms with Crippen molar-refractivity contribution in [3.8, 4) is 5.75 Å². The van der Waals surface area contributed by atoms with E-state index in [0.29, 0.717) is 26.3 Å². The minimum atomic E-state index is -3.26. The maximum atomic E-state index is 11.7. The zero-order valence-corrected chi connectivity index (χ0v) is 11.9. The molecule has 0 aromatic heterocycles. The standard InChI is InChI=1S/C13H19NO4S/c1-2-12-5-3-4-6-13(12)18-10-8-14-7-9-17-11-19(14,15)16/h3-6H,2,7-11H2,1H3. The lowest BCUT2D eigenvalue weighted by Crippen LogP contribution is -2.43. The molecule has 1 aliphatic heterocycles. The van der Waals surface area contributed by atoms with E-state index in [4.69, 9.17) is 9.47 Å². The predicted molar refractivity (Wildman–Crippen MR) is 72.6 cm³/mol. The second-order valence-electron chi connectivity index (χ2n) is 4.35. The molecule has 0 bridgehead atoms. The molecule has 6 heteroatoms. The molecule has 1 fully saturated rings. The molecule has 106 valence electrons. The summed E-state index contributed by atoms with van der Waals surface area (Å²) in [6.45, 7) is 3.64. The van der Waals surface area contributed by atoms with Crippen molar-refractivity contribution in [1.82, 2.24) is 4.31 Å². The first kappa shape index (κ1) is 14.3. The third kappa shape index (κ3) is 3.68. The van der Waals surface area contributed by atoms with Gasteiger partial charge in [-0.2, -0.15) is 4.31 Å². The molecule has 2 rings (SSSR count). The Bertz CT molecular complexity index is 515. The second kappa shape index (κ2) is 6.36. The highest BCUT2D eigenvalue weighted by Gasteiger charge is 2.25. The Hall–Kier alpha value is -1.11. The van der Waals surface area contributed by atoms with Crippen molar-refractivity contribution in [3.63, 3.8) is 0 Å². The lowest BCUT2D eigenvalue weighted by Gasteiger charge is -2.26. The van der Waals surface area contributed by atoms with E-state index in [0.717, 1.165) is 17.7 Å². The Morgan fingerprint density at radius 3 is 2.89 bits per heavy atom. The van der Waals surface area contributed by atoms with Gasteiger partial charge in [0.1, 0.15) is 12.4 Å². The van der Waals surface area contributed by atoms with Crippen LogP contribution in [-0.4, -0.2) is 45.0 Å². The van der Waals surface area contributed by atoms with Crippen LogP contribution >= 0.6 is 0 Å². The molecule has 0 aliphatic carbocycles. The van der Waals surface area contributed by atoms with Crippen LogP contribution in [-0.2, 0) is 21.2 Å². The van der Waals surface area contributed by atoms with Gasteiger partial charge in [-0.3, -0.25) is 0 Å². The molecule has 0 spiro atoms. The van der Waals surface area contributed by atoms with E-state index >= 15 is 0 Å². The number of aryl methyl sites for hydroxylation is 1. The number of hydrogen-bond donors (Lipinski definition) is 0. The molecule has 0 saturated carbocycles. The summed E-state index contributed by atoms with van der Waals surface area (Å²) in [4.78, 5) is 0. The molecule has 1 aromatic rings. The SMILES string of the molecule is CCc1ccccc1OCCN1CCOCS1(=O)=O. The van der Waals surface area contributed by atoms with Crippen LogP contribution in [0.15, 0.2) is 24.3 Å². The minimum Gasteiger partial charge on any atom is -0.492 e. The molecule has 19 heavy (non-hydrogen) atoms. The van der Waals surface area contributed by atoms with Crippen molar-refractivity contribution >= 4 is 10.0 Å². The monoisotopic (exact) mass is 285 g/mol. The summed E-state index contributed by atoms with van der Waals surface area (Å²) >= 11 is 0. The van der Waals surface area contributed by atoms with E-state index < -0.39 is 10.0 Å². The zero-order valence-electron chi connectivity index (χ0n) is 11.0. The van der Waals surface area contributed by atoms with Gasteiger partial charge in [0.2, 0.25) is 10.0 Å². The molecule has 1 saturated heterocycles. The Morgan fingerprint density at radius 1 is 1.37 bits per heavy atom. The van der Waals surface area contributed by atoms with Gasteiger partial charge in [-0.1, -0.05) is 25.1 Å². The average molecular weight is 285 g/mol. The van der Waals surface area contributed by atoms with Crippen molar-refractivity contribution in [2.24, 2.45) is 0 Å². The van der Waals surface area contributed by atoms with Crippen LogP contribution in [0.2, 0.25) is 0 Å². The number of benzene rings is 1. The Kier molecular flexibility index (Phi) is 4.79. The summed E-state index contributed by atoms with van der Waals surface area (Å²) in [5.74, 6) is 0.606. The van der Waals surface area contributed by atoms with Gasteiger partial charge >= 0.3 is 0 Å². The normalized spacial score (nSPS) is 19.2. The smallest absolute Gasteiger partial charge is 0.238 e. The van der Waals surface area contributed by atoms with Gasteiger partial charge in [0.15, 0.2) is 5.94 Å². The summed E-state index contributed by atoms with van der Waals surface area (Å²) in [7, 11) is -3.26. The Morgan fingerprint density at radius 2 is 2.16 bits per heavy atom. The molecular weight excluding hydrogens is 266 g/mol. The summed E-state index contributed by atoms with van der Waals surface area (Å²) in [6, 6.07) is 7.81. The van der Waals surface area contributed by atoms with Crippen molar-refractivity contribution < 1.29 is 17.9 Å². The lowest BCUT2D eigenvalue weighted by molar-refractivity contribution is 0.126. The highest BCUT2D eigenvalue weighted by Crippen LogP contribution is 2.18. The largest absolute Gasteiger partial charge is 0.492 e. The predicted octanol–water partition coefficient (Wildman–Crippen LogP) is 1.25. The van der Waals surface area contributed by atoms with Crippen LogP contribution in [0.3, 0.4) is 0 Å². The molecule has 1 aliphatic rings. The van der Waals surface area contributed by atoms with Crippen LogP contribution < -0.4 is 4.74 Å². The van der Waals surface area contributed by atoms with Crippen molar-refractivity contribution in [3.05, 3.63) is 29.8 Å². The van der Waals surface area contributed by atoms with E-state index in [1.165, 1.54) is 4.31 Å². The fourth-order valence-corrected chi connectivity index (χ4v) is 3.17. The van der Waals surface area contributed by atoms with Gasteiger partial charge in [-0.25, -0.2) is 8.42 Å². The summed E-state index contributed by atoms with van der Waals surface area (Å²) in [5, 5.41) is 0. The molecular formula is C13H19NO4S. The molecule has 0 radical (unpaired) electrons. The lowest BCUT2D eigenvalue weighted by atomic mass is 10.1. The molecule has 5 nitrogen and oxygen atoms in total. The van der Waals surface area contributed by atoms with Crippen molar-refractivity contribution in [1.29, 1.82) is 0 Å². The van der Waals surface area contributed by atoms with E-state index in [2.05, 4.69) is 6.92 Å². The molecule has 1 heterocycles. The van der Waals surface area contributed by atoms with Gasteiger partial charge in [0.25, 0.3) is 0 Å². The van der Waals surface area contributed by atoms with E-state index in [1.807, 2.05) is 24.3 Å². The van der Waals surface area contributed by atoms with Gasteiger partial charge in [-0.15, -0.1) is 0 Å². The average Bonchev–Trinajstić information content (AvgIpc) is 2.41. The third-order valence-electron chi connectivity index (χ3n) is 3.06. The van der Waals surface area contributed by atoms with Crippen molar-refractivity contribution in [2.75, 3.05) is 32.2 Å². The number of sulfonamides is 1. The molecule has 0 unspecified atom stereocenters. The molecule has 0 atom stereocenters. The maximum Gasteiger partial charge on any atom is 0.238 e. The molecule has 0 N–H and O–H groups in total. The Balaban J connectivity index is 1.89. The van der Waals surface area contributed by atoms with Gasteiger partial charge < -0.3 is 9.47 Å². The fourth-order valence-electron chi connectivity index (χ4n) is 1.99. The first-order valence-corrected chi connectivity index (χ1v) is 8.00. The van der Waals surface area contributed by atoms with Crippen LogP contribution in [0.5, 0.6) is 5.75 Å². The minimum absolute atomic E-state index is 0.224. The topological polar surface area (TPSA) is 55.8 Å². The highest BCUT2D eigenvalue weighted by molar-refractivity contribution is 7.88. The molecule has 0 amide bonds. The number of para-hydroxylation sites is 1. The van der Waals surface area contributed by atoms with Crippen LogP contribution in [0.25, 0.3) is 0 Å². The number of rotatable bonds is 5. The molecule has 1 aromatic carbocycles. The summed E-state index contributed by atoms with van der Waals surface area (Å²) in [6.07, 6.45) is 0.895. The quantitative estimate of drug-likeness (QED) is 0.817. The zero-order chi connectivity index (χ0) is 13.7. The van der Waals surface area contributed by atoms with Crippen LogP contribution in [0, 0.1) is 0 Å². The van der Waals surface area contributed by atoms with Crippen LogP contribution in [0.4, 0.5) is 0 Å². The van der Waals surface area contributed by atoms with E-state index in [1.54, 1.807) is 0 Å². The first-order chi connectivity index (χ1) is 9.13. The van der Waals surface area contributed by atoms with Gasteiger partial charge in [0, 0.05) is 13.1 Å². The van der Waals surface area contributed by atoms with Gasteiger partial charge in [0.05, 0.1) is 6.61 Å². The van der Waals surface area contributed by atoms with E-state index in [-0.39, 0.29) is 5.94 Å². The van der Waals surface area contributed by atoms with Crippen molar-refractivity contribution in [2.45, 2.75) is 13.3 Å². The number of nitrogens with zero attached hydrogens (tertiary/aromatic N) is 1. The maximum absolute atomic E-state index is 11.7. The summed E-state index contributed by atoms with van der Waals surface area (Å²) < 4.78 is 35.4. The second-order valence-corrected chi connectivity index (χ2v) is 6.26. The highest BCUT2D eigenvalue weighted by atomic mass is 32.2. The van der Waals surface area contributed by atoms with Crippen LogP contribution in [0.1, 0.15) is 12.5 Å². The van der Waals surface area contributed by atoms with E-state index in [9.17, 15) is 8.42 Å². The number of hydrogen-bond acceptors (Lipinski definition) is 4. The Labute approximate surface area is 114 Å². The number of ether oxygens (including phenoxy) is 2. The van der Waals surface area contributed by atoms with Gasteiger partial charge in [-0.05, 0) is 18.1 Å². The fraction of sp³-hybridized carbons (Fsp3) is 0.538. The first-order valence-electron chi connectivity index (χ1n) is 6.40. The summed E-state index contributed by atoms with van der Waals surface area (Å²) in [5.41, 5.74) is 1.13. The third-order valence-corrected chi connectivity index (χ3v) is 4.68.